The van der Waals surface area contributed by atoms with E-state index >= 15 is 0 Å². The molecule has 1 aromatic carbocycles. The van der Waals surface area contributed by atoms with Crippen molar-refractivity contribution in [3.05, 3.63) is 54.1 Å². The van der Waals surface area contributed by atoms with Gasteiger partial charge >= 0.3 is 0 Å². The van der Waals surface area contributed by atoms with E-state index in [-0.39, 0.29) is 5.82 Å². The van der Waals surface area contributed by atoms with E-state index in [1.54, 1.807) is 18.3 Å². The van der Waals surface area contributed by atoms with Crippen molar-refractivity contribution in [2.75, 3.05) is 0 Å². The number of nitrogens with zero attached hydrogens (tertiary/aromatic N) is 1. The van der Waals surface area contributed by atoms with Crippen LogP contribution in [0.5, 0.6) is 0 Å². The van der Waals surface area contributed by atoms with Crippen LogP contribution in [-0.2, 0) is 0 Å². The van der Waals surface area contributed by atoms with Crippen LogP contribution >= 0.6 is 0 Å². The highest BCUT2D eigenvalue weighted by atomic mass is 19.1. The molecule has 0 aliphatic rings. The van der Waals surface area contributed by atoms with Crippen molar-refractivity contribution < 1.29 is 4.39 Å². The van der Waals surface area contributed by atoms with Crippen LogP contribution in [0.15, 0.2) is 42.7 Å². The number of H-pyrrole nitrogens is 1. The Balaban J connectivity index is 2.22. The average Bonchev–Trinajstić information content (AvgIpc) is 2.71. The zero-order chi connectivity index (χ0) is 11.8. The smallest absolute Gasteiger partial charge is 0.131 e. The Bertz CT molecular complexity index is 686. The lowest BCUT2D eigenvalue weighted by atomic mass is 10.1. The fourth-order valence-electron chi connectivity index (χ4n) is 1.99. The first-order valence-corrected chi connectivity index (χ1v) is 5.44. The summed E-state index contributed by atoms with van der Waals surface area (Å²) in [5.41, 5.74) is 4.33. The maximum Gasteiger partial charge on any atom is 0.131 e. The van der Waals surface area contributed by atoms with E-state index in [9.17, 15) is 4.39 Å². The highest BCUT2D eigenvalue weighted by Crippen LogP contribution is 2.25. The lowest BCUT2D eigenvalue weighted by Crippen LogP contribution is -1.85. The second-order valence-corrected chi connectivity index (χ2v) is 4.07. The van der Waals surface area contributed by atoms with Crippen molar-refractivity contribution in [1.29, 1.82) is 0 Å². The summed E-state index contributed by atoms with van der Waals surface area (Å²) in [7, 11) is 0. The summed E-state index contributed by atoms with van der Waals surface area (Å²) < 4.78 is 13.6. The first-order valence-electron chi connectivity index (χ1n) is 5.44. The van der Waals surface area contributed by atoms with E-state index in [1.165, 1.54) is 6.07 Å². The molecule has 0 saturated heterocycles. The number of benzene rings is 1. The Kier molecular flexibility index (Phi) is 2.18. The molecule has 17 heavy (non-hydrogen) atoms. The van der Waals surface area contributed by atoms with Crippen molar-refractivity contribution in [1.82, 2.24) is 9.97 Å². The van der Waals surface area contributed by atoms with Gasteiger partial charge in [-0.25, -0.2) is 4.39 Å². The van der Waals surface area contributed by atoms with Gasteiger partial charge in [-0.1, -0.05) is 18.2 Å². The molecule has 0 aliphatic carbocycles. The van der Waals surface area contributed by atoms with Crippen LogP contribution in [0.4, 0.5) is 4.39 Å². The quantitative estimate of drug-likeness (QED) is 0.673. The molecule has 2 heterocycles. The second kappa shape index (κ2) is 3.70. The number of aromatic amines is 1. The maximum atomic E-state index is 13.6. The predicted octanol–water partition coefficient (Wildman–Crippen LogP) is 3.68. The molecule has 2 aromatic heterocycles. The third-order valence-electron chi connectivity index (χ3n) is 2.89. The number of pyridine rings is 1. The molecule has 0 fully saturated rings. The minimum Gasteiger partial charge on any atom is -0.360 e. The van der Waals surface area contributed by atoms with Gasteiger partial charge in [0.2, 0.25) is 0 Å². The largest absolute Gasteiger partial charge is 0.360 e. The van der Waals surface area contributed by atoms with Crippen LogP contribution in [0.25, 0.3) is 22.2 Å². The van der Waals surface area contributed by atoms with Gasteiger partial charge in [0.25, 0.3) is 0 Å². The number of rotatable bonds is 1. The highest BCUT2D eigenvalue weighted by Gasteiger charge is 2.07. The third-order valence-corrected chi connectivity index (χ3v) is 2.89. The molecule has 1 N–H and O–H groups in total. The molecule has 84 valence electrons. The topological polar surface area (TPSA) is 28.7 Å². The van der Waals surface area contributed by atoms with Gasteiger partial charge in [0.1, 0.15) is 5.82 Å². The zero-order valence-corrected chi connectivity index (χ0v) is 9.37. The second-order valence-electron chi connectivity index (χ2n) is 4.07. The van der Waals surface area contributed by atoms with Crippen molar-refractivity contribution >= 4 is 11.0 Å². The molecule has 0 unspecified atom stereocenters. The average molecular weight is 226 g/mol. The van der Waals surface area contributed by atoms with E-state index in [2.05, 4.69) is 9.97 Å². The lowest BCUT2D eigenvalue weighted by Gasteiger charge is -2.02. The normalized spacial score (nSPS) is 10.9. The molecule has 2 nitrogen and oxygen atoms in total. The van der Waals surface area contributed by atoms with Crippen LogP contribution in [-0.4, -0.2) is 9.97 Å². The molecule has 3 heteroatoms. The summed E-state index contributed by atoms with van der Waals surface area (Å²) in [6.07, 6.45) is 3.62. The predicted molar refractivity (Wildman–Crippen MR) is 66.2 cm³/mol. The molecule has 0 radical (unpaired) electrons. The lowest BCUT2D eigenvalue weighted by molar-refractivity contribution is 0.631. The summed E-state index contributed by atoms with van der Waals surface area (Å²) in [5, 5.41) is 0. The number of halogens is 1. The van der Waals surface area contributed by atoms with Gasteiger partial charge in [-0.15, -0.1) is 0 Å². The van der Waals surface area contributed by atoms with Crippen LogP contribution in [0, 0.1) is 12.7 Å². The van der Waals surface area contributed by atoms with Gasteiger partial charge < -0.3 is 4.98 Å². The first kappa shape index (κ1) is 10.0. The zero-order valence-electron chi connectivity index (χ0n) is 9.37. The number of nitrogens with one attached hydrogen (secondary N) is 1. The van der Waals surface area contributed by atoms with Crippen LogP contribution in [0.3, 0.4) is 0 Å². The van der Waals surface area contributed by atoms with Crippen molar-refractivity contribution in [2.24, 2.45) is 0 Å². The van der Waals surface area contributed by atoms with E-state index < -0.39 is 0 Å². The minimum absolute atomic E-state index is 0.225. The number of hydrogen-bond acceptors (Lipinski definition) is 1. The van der Waals surface area contributed by atoms with Crippen molar-refractivity contribution in [3.8, 4) is 11.1 Å². The Labute approximate surface area is 98.1 Å². The van der Waals surface area contributed by atoms with Gasteiger partial charge in [0.15, 0.2) is 0 Å². The van der Waals surface area contributed by atoms with E-state index in [0.717, 1.165) is 22.2 Å². The molecule has 0 aliphatic heterocycles. The monoisotopic (exact) mass is 226 g/mol. The SMILES string of the molecule is Cc1c[nH]c2cc(-c3ccccc3F)cnc12. The Morgan fingerprint density at radius 1 is 1.24 bits per heavy atom. The third kappa shape index (κ3) is 1.60. The van der Waals surface area contributed by atoms with Crippen LogP contribution in [0.1, 0.15) is 5.56 Å². The molecule has 0 atom stereocenters. The molecule has 0 amide bonds. The Morgan fingerprint density at radius 3 is 2.88 bits per heavy atom. The first-order chi connectivity index (χ1) is 8.25. The number of hydrogen-bond donors (Lipinski definition) is 1. The minimum atomic E-state index is -0.225. The molecule has 0 bridgehead atoms. The molecular weight excluding hydrogens is 215 g/mol. The Hall–Kier alpha value is -2.16. The number of aromatic nitrogens is 2. The molecule has 3 rings (SSSR count). The summed E-state index contributed by atoms with van der Waals surface area (Å²) in [6.45, 7) is 1.99. The molecule has 3 aromatic rings. The Morgan fingerprint density at radius 2 is 2.06 bits per heavy atom. The van der Waals surface area contributed by atoms with E-state index in [4.69, 9.17) is 0 Å². The van der Waals surface area contributed by atoms with Gasteiger partial charge in [0, 0.05) is 23.5 Å². The van der Waals surface area contributed by atoms with Crippen LogP contribution in [0.2, 0.25) is 0 Å². The fourth-order valence-corrected chi connectivity index (χ4v) is 1.99. The molecule has 0 saturated carbocycles. The van der Waals surface area contributed by atoms with Gasteiger partial charge in [-0.3, -0.25) is 4.98 Å². The van der Waals surface area contributed by atoms with Crippen LogP contribution < -0.4 is 0 Å². The summed E-state index contributed by atoms with van der Waals surface area (Å²) in [5.74, 6) is -0.225. The van der Waals surface area contributed by atoms with Gasteiger partial charge in [-0.2, -0.15) is 0 Å². The standard InChI is InChI=1S/C14H11FN2/c1-9-7-16-13-6-10(8-17-14(9)13)11-4-2-3-5-12(11)15/h2-8,16H,1H3. The van der Waals surface area contributed by atoms with Crippen molar-refractivity contribution in [3.63, 3.8) is 0 Å². The molecular formula is C14H11FN2. The maximum absolute atomic E-state index is 13.6. The van der Waals surface area contributed by atoms with E-state index in [0.29, 0.717) is 5.56 Å². The van der Waals surface area contributed by atoms with Gasteiger partial charge in [0.05, 0.1) is 11.0 Å². The van der Waals surface area contributed by atoms with Gasteiger partial charge in [-0.05, 0) is 24.6 Å². The fraction of sp³-hybridized carbons (Fsp3) is 0.0714. The number of fused-ring (bicyclic) bond motifs is 1. The van der Waals surface area contributed by atoms with E-state index in [1.807, 2.05) is 25.3 Å². The summed E-state index contributed by atoms with van der Waals surface area (Å²) in [6, 6.07) is 8.65. The highest BCUT2D eigenvalue weighted by molar-refractivity contribution is 5.83. The summed E-state index contributed by atoms with van der Waals surface area (Å²) >= 11 is 0. The summed E-state index contributed by atoms with van der Waals surface area (Å²) in [4.78, 5) is 7.49. The molecule has 0 spiro atoms. The number of aryl methyl sites for hydroxylation is 1. The van der Waals surface area contributed by atoms with Crippen molar-refractivity contribution in [2.45, 2.75) is 6.92 Å².